The van der Waals surface area contributed by atoms with Crippen LogP contribution in [0.3, 0.4) is 0 Å². The number of carbonyl (C=O) groups is 1. The number of nitrogens with zero attached hydrogens (tertiary/aromatic N) is 3. The molecule has 4 N–H and O–H groups in total. The van der Waals surface area contributed by atoms with E-state index in [-0.39, 0.29) is 31.3 Å². The first-order chi connectivity index (χ1) is 14.4. The summed E-state index contributed by atoms with van der Waals surface area (Å²) < 4.78 is 19.3. The molecule has 0 unspecified atom stereocenters. The molecule has 2 aromatic heterocycles. The Morgan fingerprint density at radius 1 is 1.43 bits per heavy atom. The lowest BCUT2D eigenvalue weighted by atomic mass is 10.00. The van der Waals surface area contributed by atoms with Gasteiger partial charge in [-0.15, -0.1) is 0 Å². The van der Waals surface area contributed by atoms with E-state index in [1.165, 1.54) is 29.5 Å². The lowest BCUT2D eigenvalue weighted by Crippen LogP contribution is -2.45. The number of aliphatic hydroxyl groups is 2. The number of thiazole rings is 1. The van der Waals surface area contributed by atoms with Gasteiger partial charge >= 0.3 is 6.03 Å². The van der Waals surface area contributed by atoms with E-state index in [4.69, 9.17) is 9.52 Å². The van der Waals surface area contributed by atoms with Gasteiger partial charge in [0.1, 0.15) is 11.3 Å². The predicted octanol–water partition coefficient (Wildman–Crippen LogP) is 2.41. The number of amides is 2. The first-order valence-corrected chi connectivity index (χ1v) is 10.3. The number of halogens is 1. The second-order valence-corrected chi connectivity index (χ2v) is 8.27. The van der Waals surface area contributed by atoms with E-state index in [2.05, 4.69) is 20.6 Å². The highest BCUT2D eigenvalue weighted by molar-refractivity contribution is 7.16. The second-order valence-electron chi connectivity index (χ2n) is 7.24. The number of rotatable bonds is 5. The molecule has 3 aromatic rings. The second kappa shape index (κ2) is 8.17. The molecular formula is C19H22FN5O4S. The van der Waals surface area contributed by atoms with Crippen molar-refractivity contribution in [2.75, 3.05) is 23.4 Å². The average Bonchev–Trinajstić information content (AvgIpc) is 3.30. The average molecular weight is 435 g/mol. The van der Waals surface area contributed by atoms with E-state index in [9.17, 15) is 14.3 Å². The first-order valence-electron chi connectivity index (χ1n) is 9.52. The van der Waals surface area contributed by atoms with Crippen molar-refractivity contribution in [2.24, 2.45) is 0 Å². The number of hydrogen-bond donors (Lipinski definition) is 4. The van der Waals surface area contributed by atoms with E-state index in [0.29, 0.717) is 28.7 Å². The fraction of sp³-hybridized carbons (Fsp3) is 0.421. The largest absolute Gasteiger partial charge is 0.423 e. The van der Waals surface area contributed by atoms with Gasteiger partial charge in [-0.25, -0.2) is 14.2 Å². The maximum Gasteiger partial charge on any atom is 0.321 e. The Morgan fingerprint density at radius 2 is 2.23 bits per heavy atom. The Bertz CT molecular complexity index is 1070. The van der Waals surface area contributed by atoms with Crippen LogP contribution in [0, 0.1) is 5.82 Å². The van der Waals surface area contributed by atoms with Crippen molar-refractivity contribution >= 4 is 39.6 Å². The molecule has 0 saturated heterocycles. The van der Waals surface area contributed by atoms with Crippen molar-refractivity contribution < 1.29 is 23.8 Å². The van der Waals surface area contributed by atoms with Gasteiger partial charge in [0, 0.05) is 12.5 Å². The molecule has 0 aliphatic carbocycles. The van der Waals surface area contributed by atoms with Gasteiger partial charge in [0.2, 0.25) is 0 Å². The minimum atomic E-state index is -0.452. The summed E-state index contributed by atoms with van der Waals surface area (Å²) >= 11 is 1.33. The standard InChI is InChI=1S/C19H22FN5O4S/c1-9(7-26)21-17(28)24-18-22-14-6-12(8-27)25(10(2)16(14)30-18)19-23-13-5-11(20)3-4-15(13)29-19/h3-5,9-10,12,26-27H,6-8H2,1-2H3,(H2,21,22,24,28)/t9-,10+,12+/m1/s1. The SMILES string of the molecule is C[C@H](CO)NC(=O)Nc1nc2c(s1)[C@H](C)N(c1nc3cc(F)ccc3o1)[C@H](CO)C2. The summed E-state index contributed by atoms with van der Waals surface area (Å²) in [5, 5.41) is 24.7. The maximum absolute atomic E-state index is 13.5. The van der Waals surface area contributed by atoms with Gasteiger partial charge in [0.25, 0.3) is 6.01 Å². The normalized spacial score (nSPS) is 19.6. The zero-order valence-corrected chi connectivity index (χ0v) is 17.2. The Balaban J connectivity index is 1.61. The highest BCUT2D eigenvalue weighted by Gasteiger charge is 2.37. The molecule has 0 spiro atoms. The van der Waals surface area contributed by atoms with Crippen molar-refractivity contribution in [2.45, 2.75) is 38.4 Å². The van der Waals surface area contributed by atoms with Gasteiger partial charge in [-0.1, -0.05) is 11.3 Å². The zero-order valence-electron chi connectivity index (χ0n) is 16.4. The van der Waals surface area contributed by atoms with E-state index in [1.54, 1.807) is 6.92 Å². The molecule has 1 aliphatic heterocycles. The quantitative estimate of drug-likeness (QED) is 0.485. The monoisotopic (exact) mass is 435 g/mol. The number of anilines is 2. The minimum absolute atomic E-state index is 0.147. The number of hydrogen-bond acceptors (Lipinski definition) is 8. The van der Waals surface area contributed by atoms with E-state index in [0.717, 1.165) is 10.6 Å². The first kappa shape index (κ1) is 20.5. The number of nitrogens with one attached hydrogen (secondary N) is 2. The molecule has 9 nitrogen and oxygen atoms in total. The lowest BCUT2D eigenvalue weighted by Gasteiger charge is -2.37. The van der Waals surface area contributed by atoms with E-state index in [1.807, 2.05) is 11.8 Å². The van der Waals surface area contributed by atoms with Crippen LogP contribution in [0.2, 0.25) is 0 Å². The van der Waals surface area contributed by atoms with E-state index < -0.39 is 11.8 Å². The number of aromatic nitrogens is 2. The molecule has 0 saturated carbocycles. The van der Waals surface area contributed by atoms with Gasteiger partial charge in [-0.05, 0) is 26.0 Å². The summed E-state index contributed by atoms with van der Waals surface area (Å²) in [6.45, 7) is 3.31. The lowest BCUT2D eigenvalue weighted by molar-refractivity contribution is 0.229. The molecule has 0 radical (unpaired) electrons. The highest BCUT2D eigenvalue weighted by Crippen LogP contribution is 2.41. The fourth-order valence-corrected chi connectivity index (χ4v) is 4.57. The smallest absolute Gasteiger partial charge is 0.321 e. The van der Waals surface area contributed by atoms with Crippen LogP contribution in [0.15, 0.2) is 22.6 Å². The number of aliphatic hydroxyl groups excluding tert-OH is 2. The molecule has 1 aromatic carbocycles. The molecule has 160 valence electrons. The summed E-state index contributed by atoms with van der Waals surface area (Å²) in [7, 11) is 0. The van der Waals surface area contributed by atoms with Crippen LogP contribution in [0.4, 0.5) is 20.3 Å². The Labute approximate surface area is 175 Å². The summed E-state index contributed by atoms with van der Waals surface area (Å²) in [5.74, 6) is -0.401. The summed E-state index contributed by atoms with van der Waals surface area (Å²) in [5.41, 5.74) is 1.65. The molecule has 3 atom stereocenters. The summed E-state index contributed by atoms with van der Waals surface area (Å²) in [6.07, 6.45) is 0.441. The molecule has 1 aliphatic rings. The molecule has 3 heterocycles. The van der Waals surface area contributed by atoms with Crippen LogP contribution in [-0.4, -0.2) is 51.5 Å². The molecular weight excluding hydrogens is 413 g/mol. The van der Waals surface area contributed by atoms with Crippen molar-refractivity contribution in [3.8, 4) is 0 Å². The number of urea groups is 1. The minimum Gasteiger partial charge on any atom is -0.423 e. The third kappa shape index (κ3) is 3.83. The zero-order chi connectivity index (χ0) is 21.4. The van der Waals surface area contributed by atoms with Gasteiger partial charge in [-0.2, -0.15) is 4.98 Å². The van der Waals surface area contributed by atoms with Crippen LogP contribution in [-0.2, 0) is 6.42 Å². The molecule has 30 heavy (non-hydrogen) atoms. The number of fused-ring (bicyclic) bond motifs is 2. The summed E-state index contributed by atoms with van der Waals surface area (Å²) in [6, 6.07) is 3.05. The van der Waals surface area contributed by atoms with Crippen molar-refractivity contribution in [1.82, 2.24) is 15.3 Å². The van der Waals surface area contributed by atoms with E-state index >= 15 is 0 Å². The van der Waals surface area contributed by atoms with Crippen molar-refractivity contribution in [1.29, 1.82) is 0 Å². The molecule has 2 amide bonds. The van der Waals surface area contributed by atoms with Crippen molar-refractivity contribution in [3.05, 3.63) is 34.6 Å². The van der Waals surface area contributed by atoms with Gasteiger partial charge < -0.3 is 24.8 Å². The van der Waals surface area contributed by atoms with Crippen LogP contribution in [0.1, 0.15) is 30.5 Å². The number of carbonyl (C=O) groups excluding carboxylic acids is 1. The molecule has 0 fully saturated rings. The Morgan fingerprint density at radius 3 is 2.97 bits per heavy atom. The third-order valence-corrected chi connectivity index (χ3v) is 6.17. The van der Waals surface area contributed by atoms with Crippen molar-refractivity contribution in [3.63, 3.8) is 0 Å². The molecule has 4 rings (SSSR count). The Hall–Kier alpha value is -2.76. The van der Waals surface area contributed by atoms with Gasteiger partial charge in [-0.3, -0.25) is 5.32 Å². The number of oxazole rings is 1. The number of benzene rings is 1. The Kier molecular flexibility index (Phi) is 5.58. The maximum atomic E-state index is 13.5. The van der Waals surface area contributed by atoms with Crippen LogP contribution >= 0.6 is 11.3 Å². The third-order valence-electron chi connectivity index (χ3n) is 4.99. The van der Waals surface area contributed by atoms with Crippen LogP contribution in [0.25, 0.3) is 11.1 Å². The van der Waals surface area contributed by atoms with Crippen LogP contribution in [0.5, 0.6) is 0 Å². The van der Waals surface area contributed by atoms with Gasteiger partial charge in [0.15, 0.2) is 10.7 Å². The van der Waals surface area contributed by atoms with Gasteiger partial charge in [0.05, 0.1) is 41.9 Å². The molecule has 11 heteroatoms. The molecule has 0 bridgehead atoms. The van der Waals surface area contributed by atoms with Crippen LogP contribution < -0.4 is 15.5 Å². The topological polar surface area (TPSA) is 124 Å². The fourth-order valence-electron chi connectivity index (χ4n) is 3.53. The predicted molar refractivity (Wildman–Crippen MR) is 110 cm³/mol. The highest BCUT2D eigenvalue weighted by atomic mass is 32.1. The summed E-state index contributed by atoms with van der Waals surface area (Å²) in [4.78, 5) is 23.7.